The Morgan fingerprint density at radius 1 is 0.633 bits per heavy atom. The van der Waals surface area contributed by atoms with Crippen LogP contribution < -0.4 is 14.4 Å². The predicted octanol–water partition coefficient (Wildman–Crippen LogP) is 8.16. The Balaban J connectivity index is 1.83. The van der Waals surface area contributed by atoms with Crippen molar-refractivity contribution in [2.24, 2.45) is 0 Å². The molecule has 1 aliphatic rings. The van der Waals surface area contributed by atoms with Crippen LogP contribution in [0.25, 0.3) is 0 Å². The van der Waals surface area contributed by atoms with Gasteiger partial charge in [-0.1, -0.05) is 78.1 Å². The summed E-state index contributed by atoms with van der Waals surface area (Å²) in [5.74, 6) is 1.87. The molecule has 0 spiro atoms. The molecule has 1 aromatic carbocycles. The molecule has 3 heteroatoms. The van der Waals surface area contributed by atoms with Crippen LogP contribution in [0, 0.1) is 0 Å². The van der Waals surface area contributed by atoms with Gasteiger partial charge in [-0.25, -0.2) is 0 Å². The Kier molecular flexibility index (Phi) is 13.5. The molecule has 172 valence electrons. The van der Waals surface area contributed by atoms with Crippen LogP contribution in [0.15, 0.2) is 18.2 Å². The zero-order chi connectivity index (χ0) is 21.3. The molecule has 0 N–H and O–H groups in total. The van der Waals surface area contributed by atoms with Crippen molar-refractivity contribution in [3.63, 3.8) is 0 Å². The first-order valence-corrected chi connectivity index (χ1v) is 13.0. The number of nitrogens with zero attached hydrogens (tertiary/aromatic N) is 1. The Morgan fingerprint density at radius 3 is 1.77 bits per heavy atom. The van der Waals surface area contributed by atoms with E-state index < -0.39 is 0 Å². The van der Waals surface area contributed by atoms with E-state index in [2.05, 4.69) is 36.9 Å². The van der Waals surface area contributed by atoms with Crippen molar-refractivity contribution < 1.29 is 9.47 Å². The maximum absolute atomic E-state index is 6.23. The highest BCUT2D eigenvalue weighted by molar-refractivity contribution is 5.56. The zero-order valence-electron chi connectivity index (χ0n) is 19.9. The second-order valence-corrected chi connectivity index (χ2v) is 8.91. The summed E-state index contributed by atoms with van der Waals surface area (Å²) < 4.78 is 12.4. The van der Waals surface area contributed by atoms with E-state index in [1.165, 1.54) is 89.2 Å². The number of anilines is 1. The second kappa shape index (κ2) is 16.3. The van der Waals surface area contributed by atoms with E-state index in [0.717, 1.165) is 50.6 Å². The minimum absolute atomic E-state index is 0.794. The van der Waals surface area contributed by atoms with Crippen molar-refractivity contribution in [1.82, 2.24) is 0 Å². The van der Waals surface area contributed by atoms with Crippen molar-refractivity contribution in [2.75, 3.05) is 31.2 Å². The fourth-order valence-electron chi connectivity index (χ4n) is 4.21. The Hall–Kier alpha value is -1.38. The maximum Gasteiger partial charge on any atom is 0.163 e. The van der Waals surface area contributed by atoms with Crippen molar-refractivity contribution in [3.05, 3.63) is 18.2 Å². The molecule has 3 nitrogen and oxygen atoms in total. The molecule has 1 heterocycles. The van der Waals surface area contributed by atoms with E-state index in [0.29, 0.717) is 0 Å². The number of hydrogen-bond acceptors (Lipinski definition) is 3. The minimum Gasteiger partial charge on any atom is -0.490 e. The summed E-state index contributed by atoms with van der Waals surface area (Å²) in [6, 6.07) is 6.58. The van der Waals surface area contributed by atoms with E-state index in [4.69, 9.17) is 9.47 Å². The van der Waals surface area contributed by atoms with Gasteiger partial charge in [-0.2, -0.15) is 0 Å². The van der Waals surface area contributed by atoms with Crippen molar-refractivity contribution in [3.8, 4) is 11.5 Å². The Labute approximate surface area is 186 Å². The standard InChI is InChI=1S/C27H47NO2/c1-3-5-7-9-11-16-22-29-26-19-18-25(28-20-14-13-15-21-28)24-27(26)30-23-17-12-10-8-6-4-2/h18-19,24H,3-17,20-23H2,1-2H3. The summed E-state index contributed by atoms with van der Waals surface area (Å²) in [4.78, 5) is 2.50. The molecule has 0 radical (unpaired) electrons. The zero-order valence-corrected chi connectivity index (χ0v) is 19.9. The Bertz CT molecular complexity index is 540. The van der Waals surface area contributed by atoms with Gasteiger partial charge in [0.15, 0.2) is 11.5 Å². The molecule has 1 aromatic rings. The maximum atomic E-state index is 6.23. The minimum atomic E-state index is 0.794. The van der Waals surface area contributed by atoms with Gasteiger partial charge in [-0.05, 0) is 44.2 Å². The normalized spacial score (nSPS) is 14.1. The van der Waals surface area contributed by atoms with Crippen LogP contribution in [-0.4, -0.2) is 26.3 Å². The molecule has 30 heavy (non-hydrogen) atoms. The van der Waals surface area contributed by atoms with Crippen LogP contribution in [0.2, 0.25) is 0 Å². The smallest absolute Gasteiger partial charge is 0.163 e. The Morgan fingerprint density at radius 2 is 1.17 bits per heavy atom. The van der Waals surface area contributed by atoms with Crippen LogP contribution in [0.4, 0.5) is 5.69 Å². The van der Waals surface area contributed by atoms with Gasteiger partial charge in [0.2, 0.25) is 0 Å². The largest absolute Gasteiger partial charge is 0.490 e. The average molecular weight is 418 g/mol. The van der Waals surface area contributed by atoms with E-state index in [1.54, 1.807) is 0 Å². The lowest BCUT2D eigenvalue weighted by atomic mass is 10.1. The van der Waals surface area contributed by atoms with Gasteiger partial charge in [-0.3, -0.25) is 0 Å². The number of hydrogen-bond donors (Lipinski definition) is 0. The third kappa shape index (κ3) is 10.1. The highest BCUT2D eigenvalue weighted by atomic mass is 16.5. The molecule has 1 fully saturated rings. The fourth-order valence-corrected chi connectivity index (χ4v) is 4.21. The first-order chi connectivity index (χ1) is 14.8. The molecule has 0 saturated carbocycles. The lowest BCUT2D eigenvalue weighted by Gasteiger charge is -2.29. The van der Waals surface area contributed by atoms with Gasteiger partial charge >= 0.3 is 0 Å². The van der Waals surface area contributed by atoms with Gasteiger partial charge in [-0.15, -0.1) is 0 Å². The predicted molar refractivity (Wildman–Crippen MR) is 130 cm³/mol. The van der Waals surface area contributed by atoms with Crippen LogP contribution in [0.1, 0.15) is 110 Å². The molecule has 0 atom stereocenters. The average Bonchev–Trinajstić information content (AvgIpc) is 2.79. The van der Waals surface area contributed by atoms with Gasteiger partial charge in [0.1, 0.15) is 0 Å². The highest BCUT2D eigenvalue weighted by Crippen LogP contribution is 2.33. The van der Waals surface area contributed by atoms with E-state index >= 15 is 0 Å². The van der Waals surface area contributed by atoms with E-state index in [-0.39, 0.29) is 0 Å². The van der Waals surface area contributed by atoms with Crippen LogP contribution >= 0.6 is 0 Å². The molecule has 0 aromatic heterocycles. The third-order valence-electron chi connectivity index (χ3n) is 6.16. The summed E-state index contributed by atoms with van der Waals surface area (Å²) in [6.45, 7) is 8.45. The van der Waals surface area contributed by atoms with E-state index in [9.17, 15) is 0 Å². The first-order valence-electron chi connectivity index (χ1n) is 13.0. The van der Waals surface area contributed by atoms with Crippen LogP contribution in [-0.2, 0) is 0 Å². The molecule has 0 aliphatic carbocycles. The molecular weight excluding hydrogens is 370 g/mol. The van der Waals surface area contributed by atoms with E-state index in [1.807, 2.05) is 0 Å². The SMILES string of the molecule is CCCCCCCCOc1ccc(N2CCCCC2)cc1OCCCCCCCC. The lowest BCUT2D eigenvalue weighted by Crippen LogP contribution is -2.29. The van der Waals surface area contributed by atoms with Gasteiger partial charge in [0, 0.05) is 24.8 Å². The van der Waals surface area contributed by atoms with Crippen molar-refractivity contribution in [2.45, 2.75) is 110 Å². The van der Waals surface area contributed by atoms with Crippen LogP contribution in [0.3, 0.4) is 0 Å². The third-order valence-corrected chi connectivity index (χ3v) is 6.16. The summed E-state index contributed by atoms with van der Waals surface area (Å²) in [6.07, 6.45) is 19.4. The van der Waals surface area contributed by atoms with Gasteiger partial charge in [0.05, 0.1) is 13.2 Å². The topological polar surface area (TPSA) is 21.7 Å². The molecule has 0 amide bonds. The first kappa shape index (κ1) is 24.9. The van der Waals surface area contributed by atoms with Crippen molar-refractivity contribution in [1.29, 1.82) is 0 Å². The second-order valence-electron chi connectivity index (χ2n) is 8.91. The summed E-state index contributed by atoms with van der Waals surface area (Å²) >= 11 is 0. The summed E-state index contributed by atoms with van der Waals surface area (Å²) in [5.41, 5.74) is 1.29. The molecule has 1 saturated heterocycles. The fraction of sp³-hybridized carbons (Fsp3) is 0.778. The summed E-state index contributed by atoms with van der Waals surface area (Å²) in [7, 11) is 0. The monoisotopic (exact) mass is 417 g/mol. The molecule has 0 unspecified atom stereocenters. The number of rotatable bonds is 17. The lowest BCUT2D eigenvalue weighted by molar-refractivity contribution is 0.258. The quantitative estimate of drug-likeness (QED) is 0.239. The molecule has 2 rings (SSSR count). The van der Waals surface area contributed by atoms with Crippen LogP contribution in [0.5, 0.6) is 11.5 Å². The summed E-state index contributed by atoms with van der Waals surface area (Å²) in [5, 5.41) is 0. The van der Waals surface area contributed by atoms with Crippen molar-refractivity contribution >= 4 is 5.69 Å². The number of ether oxygens (including phenoxy) is 2. The highest BCUT2D eigenvalue weighted by Gasteiger charge is 2.14. The molecule has 0 bridgehead atoms. The number of benzene rings is 1. The number of unbranched alkanes of at least 4 members (excludes halogenated alkanes) is 10. The molecular formula is C27H47NO2. The molecule has 1 aliphatic heterocycles. The number of piperidine rings is 1. The van der Waals surface area contributed by atoms with Gasteiger partial charge in [0.25, 0.3) is 0 Å². The van der Waals surface area contributed by atoms with Gasteiger partial charge < -0.3 is 14.4 Å².